The molecule has 0 amide bonds. The van der Waals surface area contributed by atoms with Crippen LogP contribution in [0.4, 0.5) is 0 Å². The first-order valence-electron chi connectivity index (χ1n) is 23.7. The van der Waals surface area contributed by atoms with E-state index < -0.39 is 8.07 Å². The lowest BCUT2D eigenvalue weighted by atomic mass is 10.1. The summed E-state index contributed by atoms with van der Waals surface area (Å²) in [4.78, 5) is 16.3. The summed E-state index contributed by atoms with van der Waals surface area (Å²) in [6.45, 7) is 0. The van der Waals surface area contributed by atoms with Gasteiger partial charge in [-0.15, -0.1) is 0 Å². The van der Waals surface area contributed by atoms with Gasteiger partial charge in [-0.2, -0.15) is 9.97 Å². The molecule has 0 atom stereocenters. The van der Waals surface area contributed by atoms with Gasteiger partial charge < -0.3 is 8.98 Å². The van der Waals surface area contributed by atoms with Crippen LogP contribution < -0.4 is 20.7 Å². The van der Waals surface area contributed by atoms with Gasteiger partial charge in [-0.25, -0.2) is 4.98 Å². The highest BCUT2D eigenvalue weighted by atomic mass is 28.3. The standard InChI is InChI=1S/C63H41N5OSi/c1-4-19-44(20-5-1)70(45-21-6-2-7-22-45,46-23-8-3-9-24-46)47-38-35-42(36-39-47)61-64-62(52-29-18-34-59-60(52)51-28-13-17-33-58(51)69-59)66-63(65-61)68-56-32-16-12-27-50(56)53-41-43(37-40-57(53)68)67-54-30-14-10-25-48(54)49-26-11-15-31-55(49)67/h1-41H. The van der Waals surface area contributed by atoms with Crippen molar-refractivity contribution in [3.8, 4) is 34.4 Å². The van der Waals surface area contributed by atoms with E-state index in [1.807, 2.05) is 24.3 Å². The van der Waals surface area contributed by atoms with Crippen molar-refractivity contribution in [1.82, 2.24) is 24.1 Å². The van der Waals surface area contributed by atoms with Crippen LogP contribution in [0.5, 0.6) is 0 Å². The van der Waals surface area contributed by atoms with Crippen LogP contribution >= 0.6 is 0 Å². The zero-order valence-corrected chi connectivity index (χ0v) is 38.8. The number of rotatable bonds is 8. The lowest BCUT2D eigenvalue weighted by Gasteiger charge is -2.34. The van der Waals surface area contributed by atoms with Crippen molar-refractivity contribution in [2.75, 3.05) is 0 Å². The van der Waals surface area contributed by atoms with Crippen molar-refractivity contribution < 1.29 is 4.42 Å². The topological polar surface area (TPSA) is 61.7 Å². The normalized spacial score (nSPS) is 12.0. The van der Waals surface area contributed by atoms with Gasteiger partial charge in [-0.3, -0.25) is 4.57 Å². The second-order valence-electron chi connectivity index (χ2n) is 17.9. The number of aromatic nitrogens is 5. The Morgan fingerprint density at radius 1 is 0.329 bits per heavy atom. The minimum absolute atomic E-state index is 0.534. The molecule has 70 heavy (non-hydrogen) atoms. The van der Waals surface area contributed by atoms with E-state index in [0.29, 0.717) is 17.6 Å². The Balaban J connectivity index is 1.00. The molecule has 0 fully saturated rings. The Labute approximate surface area is 404 Å². The molecule has 0 radical (unpaired) electrons. The van der Waals surface area contributed by atoms with Gasteiger partial charge in [-0.05, 0) is 69.3 Å². The molecule has 0 aliphatic rings. The molecule has 0 aliphatic heterocycles. The van der Waals surface area contributed by atoms with Gasteiger partial charge in [-0.1, -0.05) is 200 Å². The molecular formula is C63H41N5OSi. The highest BCUT2D eigenvalue weighted by molar-refractivity contribution is 7.19. The van der Waals surface area contributed by atoms with E-state index in [9.17, 15) is 0 Å². The third kappa shape index (κ3) is 6.08. The van der Waals surface area contributed by atoms with E-state index in [1.54, 1.807) is 0 Å². The van der Waals surface area contributed by atoms with E-state index >= 15 is 0 Å². The van der Waals surface area contributed by atoms with Gasteiger partial charge in [0.05, 0.1) is 22.1 Å². The van der Waals surface area contributed by atoms with Crippen LogP contribution in [0.2, 0.25) is 0 Å². The number of hydrogen-bond acceptors (Lipinski definition) is 4. The number of para-hydroxylation sites is 4. The zero-order chi connectivity index (χ0) is 46.2. The summed E-state index contributed by atoms with van der Waals surface area (Å²) < 4.78 is 11.0. The Morgan fingerprint density at radius 2 is 0.800 bits per heavy atom. The first-order valence-corrected chi connectivity index (χ1v) is 25.7. The second kappa shape index (κ2) is 16.0. The number of furan rings is 1. The summed E-state index contributed by atoms with van der Waals surface area (Å²) in [6, 6.07) is 89.0. The summed E-state index contributed by atoms with van der Waals surface area (Å²) in [5.41, 5.74) is 8.80. The van der Waals surface area contributed by atoms with E-state index in [2.05, 4.69) is 234 Å². The Morgan fingerprint density at radius 3 is 1.41 bits per heavy atom. The predicted molar refractivity (Wildman–Crippen MR) is 290 cm³/mol. The summed E-state index contributed by atoms with van der Waals surface area (Å²) in [5, 5.41) is 11.9. The monoisotopic (exact) mass is 911 g/mol. The molecule has 6 nitrogen and oxygen atoms in total. The molecule has 0 saturated carbocycles. The van der Waals surface area contributed by atoms with Crippen LogP contribution in [0.1, 0.15) is 0 Å². The summed E-state index contributed by atoms with van der Waals surface area (Å²) in [5.74, 6) is 1.68. The predicted octanol–water partition coefficient (Wildman–Crippen LogP) is 12.7. The molecule has 10 aromatic carbocycles. The van der Waals surface area contributed by atoms with E-state index in [1.165, 1.54) is 42.6 Å². The largest absolute Gasteiger partial charge is 0.456 e. The average molecular weight is 912 g/mol. The van der Waals surface area contributed by atoms with Gasteiger partial charge in [0, 0.05) is 49.1 Å². The second-order valence-corrected chi connectivity index (χ2v) is 21.7. The molecule has 14 rings (SSSR count). The quantitative estimate of drug-likeness (QED) is 0.113. The van der Waals surface area contributed by atoms with Crippen LogP contribution in [0.15, 0.2) is 253 Å². The number of fused-ring (bicyclic) bond motifs is 9. The molecule has 0 saturated heterocycles. The fourth-order valence-electron chi connectivity index (χ4n) is 11.1. The Hall–Kier alpha value is -9.17. The maximum absolute atomic E-state index is 6.42. The van der Waals surface area contributed by atoms with Crippen LogP contribution in [-0.2, 0) is 0 Å². The van der Waals surface area contributed by atoms with Crippen LogP contribution in [0.3, 0.4) is 0 Å². The van der Waals surface area contributed by atoms with Crippen LogP contribution in [0.25, 0.3) is 100.0 Å². The van der Waals surface area contributed by atoms with Gasteiger partial charge in [0.1, 0.15) is 11.2 Å². The van der Waals surface area contributed by atoms with E-state index in [-0.39, 0.29) is 0 Å². The Bertz CT molecular complexity index is 4140. The smallest absolute Gasteiger partial charge is 0.238 e. The molecule has 0 spiro atoms. The van der Waals surface area contributed by atoms with Crippen molar-refractivity contribution in [1.29, 1.82) is 0 Å². The molecule has 4 heterocycles. The van der Waals surface area contributed by atoms with Crippen molar-refractivity contribution in [2.45, 2.75) is 0 Å². The van der Waals surface area contributed by atoms with E-state index in [0.717, 1.165) is 60.6 Å². The lowest BCUT2D eigenvalue weighted by Crippen LogP contribution is -2.74. The summed E-state index contributed by atoms with van der Waals surface area (Å²) in [6.07, 6.45) is 0. The van der Waals surface area contributed by atoms with Crippen molar-refractivity contribution >= 4 is 94.4 Å². The molecule has 7 heteroatoms. The van der Waals surface area contributed by atoms with E-state index in [4.69, 9.17) is 19.4 Å². The molecule has 0 bridgehead atoms. The SMILES string of the molecule is c1ccc([Si](c2ccccc2)(c2ccccc2)c2ccc(-c3nc(-c4cccc5oc6ccccc6c45)nc(-n4c5ccccc5c5cc(-n6c7ccccc7c7ccccc76)ccc54)n3)cc2)cc1. The van der Waals surface area contributed by atoms with Crippen LogP contribution in [-0.4, -0.2) is 32.2 Å². The number of benzene rings is 10. The third-order valence-corrected chi connectivity index (χ3v) is 19.0. The minimum Gasteiger partial charge on any atom is -0.456 e. The minimum atomic E-state index is -2.78. The van der Waals surface area contributed by atoms with Gasteiger partial charge in [0.25, 0.3) is 0 Å². The first kappa shape index (κ1) is 39.9. The third-order valence-electron chi connectivity index (χ3n) is 14.2. The molecule has 14 aromatic rings. The number of hydrogen-bond donors (Lipinski definition) is 0. The number of nitrogens with zero attached hydrogens (tertiary/aromatic N) is 5. The Kier molecular flexibility index (Phi) is 9.12. The average Bonchev–Trinajstić information content (AvgIpc) is 4.10. The fraction of sp³-hybridized carbons (Fsp3) is 0. The molecule has 0 aliphatic carbocycles. The maximum atomic E-state index is 6.42. The summed E-state index contributed by atoms with van der Waals surface area (Å²) >= 11 is 0. The van der Waals surface area contributed by atoms with Gasteiger partial charge in [0.15, 0.2) is 19.7 Å². The molecule has 328 valence electrons. The van der Waals surface area contributed by atoms with Crippen molar-refractivity contribution in [2.24, 2.45) is 0 Å². The molecule has 0 N–H and O–H groups in total. The van der Waals surface area contributed by atoms with Gasteiger partial charge in [0.2, 0.25) is 5.95 Å². The lowest BCUT2D eigenvalue weighted by molar-refractivity contribution is 0.669. The highest BCUT2D eigenvalue weighted by Gasteiger charge is 2.41. The van der Waals surface area contributed by atoms with Gasteiger partial charge >= 0.3 is 0 Å². The molecule has 4 aromatic heterocycles. The maximum Gasteiger partial charge on any atom is 0.238 e. The fourth-order valence-corrected chi connectivity index (χ4v) is 15.9. The van der Waals surface area contributed by atoms with Crippen molar-refractivity contribution in [3.05, 3.63) is 249 Å². The summed E-state index contributed by atoms with van der Waals surface area (Å²) in [7, 11) is -2.78. The zero-order valence-electron chi connectivity index (χ0n) is 37.8. The van der Waals surface area contributed by atoms with Crippen LogP contribution in [0, 0.1) is 0 Å². The first-order chi connectivity index (χ1) is 34.7. The highest BCUT2D eigenvalue weighted by Crippen LogP contribution is 2.39. The van der Waals surface area contributed by atoms with Crippen molar-refractivity contribution in [3.63, 3.8) is 0 Å². The molecule has 0 unspecified atom stereocenters. The molecular weight excluding hydrogens is 871 g/mol.